The van der Waals surface area contributed by atoms with Gasteiger partial charge in [0.2, 0.25) is 11.8 Å². The van der Waals surface area contributed by atoms with Crippen LogP contribution in [0.15, 0.2) is 65.8 Å². The number of carbonyl (C=O) groups excluding carboxylic acids is 1. The number of nitrogens with zero attached hydrogens (tertiary/aromatic N) is 5. The number of hydrogen-bond donors (Lipinski definition) is 1. The first-order valence-electron chi connectivity index (χ1n) is 14.8. The van der Waals surface area contributed by atoms with Crippen LogP contribution in [0.1, 0.15) is 59.9 Å². The van der Waals surface area contributed by atoms with Crippen LogP contribution in [0.5, 0.6) is 11.6 Å². The predicted molar refractivity (Wildman–Crippen MR) is 167 cm³/mol. The molecular formula is C33H36N6O3S. The van der Waals surface area contributed by atoms with E-state index in [9.17, 15) is 4.79 Å². The summed E-state index contributed by atoms with van der Waals surface area (Å²) in [6.45, 7) is 7.17. The molecule has 43 heavy (non-hydrogen) atoms. The number of nitrogens with one attached hydrogen (secondary N) is 1. The Morgan fingerprint density at radius 2 is 1.81 bits per heavy atom. The van der Waals surface area contributed by atoms with Crippen LogP contribution in [-0.4, -0.2) is 50.0 Å². The van der Waals surface area contributed by atoms with E-state index in [1.807, 2.05) is 42.2 Å². The second-order valence-corrected chi connectivity index (χ2v) is 12.0. The van der Waals surface area contributed by atoms with Crippen LogP contribution in [0.3, 0.4) is 0 Å². The zero-order valence-electron chi connectivity index (χ0n) is 24.7. The largest absolute Gasteiger partial charge is 0.491 e. The average molecular weight is 597 g/mol. The van der Waals surface area contributed by atoms with Crippen LogP contribution in [0.2, 0.25) is 0 Å². The minimum absolute atomic E-state index is 0.0823. The van der Waals surface area contributed by atoms with Gasteiger partial charge >= 0.3 is 0 Å². The van der Waals surface area contributed by atoms with Gasteiger partial charge in [0, 0.05) is 22.1 Å². The molecule has 1 atom stereocenters. The Kier molecular flexibility index (Phi) is 8.74. The third-order valence-electron chi connectivity index (χ3n) is 8.04. The van der Waals surface area contributed by atoms with Crippen molar-refractivity contribution in [2.45, 2.75) is 63.9 Å². The molecule has 1 amide bonds. The molecule has 4 bridgehead atoms. The Labute approximate surface area is 256 Å². The molecule has 6 rings (SSSR count). The summed E-state index contributed by atoms with van der Waals surface area (Å²) < 4.78 is 15.3. The van der Waals surface area contributed by atoms with Gasteiger partial charge in [-0.3, -0.25) is 9.52 Å². The minimum atomic E-state index is -0.208. The zero-order chi connectivity index (χ0) is 29.8. The van der Waals surface area contributed by atoms with Crippen molar-refractivity contribution < 1.29 is 14.3 Å². The van der Waals surface area contributed by atoms with E-state index in [2.05, 4.69) is 46.7 Å². The maximum atomic E-state index is 14.2. The van der Waals surface area contributed by atoms with Crippen molar-refractivity contribution in [1.82, 2.24) is 24.8 Å². The Balaban J connectivity index is 1.40. The molecule has 1 saturated carbocycles. The van der Waals surface area contributed by atoms with E-state index in [1.165, 1.54) is 18.4 Å². The topological polar surface area (TPSA) is 102 Å². The van der Waals surface area contributed by atoms with Gasteiger partial charge in [-0.05, 0) is 74.4 Å². The van der Waals surface area contributed by atoms with Crippen LogP contribution in [0, 0.1) is 19.8 Å². The number of benzene rings is 2. The standard InChI is InChI=1S/C33H36N6O3S/c1-4-41-26-17-34-29(35-18-26)19-39-25(14-23-10-6-11-23)20-42-30-16-28(31-21(2)8-5-9-22(31)3)36-33(37-30)38-43-27-13-7-12-24(15-27)32(39)40/h5,7-9,12-13,15-18,23,25H,4,6,10-11,14,19-20H2,1-3H3,(H,36,37,38)/t25-/m1/s1. The van der Waals surface area contributed by atoms with Gasteiger partial charge in [-0.2, -0.15) is 4.98 Å². The summed E-state index contributed by atoms with van der Waals surface area (Å²) in [6.07, 6.45) is 7.68. The molecule has 1 aliphatic heterocycles. The first-order valence-corrected chi connectivity index (χ1v) is 15.6. The lowest BCUT2D eigenvalue weighted by Gasteiger charge is -2.36. The minimum Gasteiger partial charge on any atom is -0.491 e. The molecule has 4 aromatic rings. The summed E-state index contributed by atoms with van der Waals surface area (Å²) in [5.41, 5.74) is 4.70. The van der Waals surface area contributed by atoms with Crippen molar-refractivity contribution in [3.05, 3.63) is 83.4 Å². The Bertz CT molecular complexity index is 1570. The summed E-state index contributed by atoms with van der Waals surface area (Å²) in [5, 5.41) is 0. The molecular weight excluding hydrogens is 560 g/mol. The van der Waals surface area contributed by atoms with Crippen LogP contribution < -0.4 is 14.2 Å². The molecule has 0 radical (unpaired) electrons. The van der Waals surface area contributed by atoms with E-state index in [0.29, 0.717) is 41.5 Å². The number of aryl methyl sites for hydroxylation is 2. The highest BCUT2D eigenvalue weighted by atomic mass is 32.2. The van der Waals surface area contributed by atoms with Crippen LogP contribution in [-0.2, 0) is 6.54 Å². The third kappa shape index (κ3) is 6.74. The third-order valence-corrected chi connectivity index (χ3v) is 8.82. The van der Waals surface area contributed by atoms with Gasteiger partial charge in [0.1, 0.15) is 12.4 Å². The molecule has 2 aromatic heterocycles. The first kappa shape index (κ1) is 28.9. The summed E-state index contributed by atoms with van der Waals surface area (Å²) in [5.74, 6) is 2.52. The quantitative estimate of drug-likeness (QED) is 0.235. The summed E-state index contributed by atoms with van der Waals surface area (Å²) in [7, 11) is 0. The number of hydrogen-bond acceptors (Lipinski definition) is 9. The highest BCUT2D eigenvalue weighted by Gasteiger charge is 2.31. The van der Waals surface area contributed by atoms with Gasteiger partial charge in [-0.15, -0.1) is 0 Å². The normalized spacial score (nSPS) is 17.0. The van der Waals surface area contributed by atoms with E-state index < -0.39 is 0 Å². The number of anilines is 1. The van der Waals surface area contributed by atoms with Crippen molar-refractivity contribution in [3.63, 3.8) is 0 Å². The molecule has 222 valence electrons. The molecule has 1 fully saturated rings. The molecule has 2 aliphatic rings. The molecule has 0 spiro atoms. The molecule has 3 heterocycles. The van der Waals surface area contributed by atoms with Gasteiger partial charge in [0.25, 0.3) is 5.91 Å². The Morgan fingerprint density at radius 3 is 2.53 bits per heavy atom. The fraction of sp³-hybridized carbons (Fsp3) is 0.364. The average Bonchev–Trinajstić information content (AvgIpc) is 2.99. The summed E-state index contributed by atoms with van der Waals surface area (Å²) >= 11 is 1.36. The number of fused-ring (bicyclic) bond motifs is 4. The van der Waals surface area contributed by atoms with Gasteiger partial charge in [0.05, 0.1) is 37.3 Å². The van der Waals surface area contributed by atoms with E-state index in [0.717, 1.165) is 46.5 Å². The van der Waals surface area contributed by atoms with Crippen molar-refractivity contribution in [2.24, 2.45) is 5.92 Å². The number of ether oxygens (including phenoxy) is 2. The SMILES string of the molecule is CCOc1cnc(CN2C(=O)c3cccc(c3)SNc3nc(cc(-c4c(C)cccc4C)n3)OC[C@H]2CC2CCC2)nc1. The second-order valence-electron chi connectivity index (χ2n) is 11.1. The van der Waals surface area contributed by atoms with E-state index in [4.69, 9.17) is 19.4 Å². The van der Waals surface area contributed by atoms with E-state index >= 15 is 0 Å². The lowest BCUT2D eigenvalue weighted by Crippen LogP contribution is -2.45. The van der Waals surface area contributed by atoms with Crippen molar-refractivity contribution in [1.29, 1.82) is 0 Å². The van der Waals surface area contributed by atoms with Crippen LogP contribution in [0.4, 0.5) is 5.95 Å². The smallest absolute Gasteiger partial charge is 0.254 e. The fourth-order valence-corrected chi connectivity index (χ4v) is 6.25. The maximum Gasteiger partial charge on any atom is 0.254 e. The van der Waals surface area contributed by atoms with Crippen molar-refractivity contribution >= 4 is 23.8 Å². The number of carbonyl (C=O) groups is 1. The summed E-state index contributed by atoms with van der Waals surface area (Å²) in [6, 6.07) is 15.5. The molecule has 9 nitrogen and oxygen atoms in total. The molecule has 10 heteroatoms. The van der Waals surface area contributed by atoms with Crippen molar-refractivity contribution in [2.75, 3.05) is 17.9 Å². The lowest BCUT2D eigenvalue weighted by molar-refractivity contribution is 0.0504. The monoisotopic (exact) mass is 596 g/mol. The van der Waals surface area contributed by atoms with Gasteiger partial charge < -0.3 is 14.4 Å². The second kappa shape index (κ2) is 13.0. The fourth-order valence-electron chi connectivity index (χ4n) is 5.62. The van der Waals surface area contributed by atoms with Gasteiger partial charge in [-0.25, -0.2) is 15.0 Å². The lowest BCUT2D eigenvalue weighted by atomic mass is 9.80. The first-order chi connectivity index (χ1) is 21.0. The van der Waals surface area contributed by atoms with Crippen molar-refractivity contribution in [3.8, 4) is 22.9 Å². The molecule has 0 saturated heterocycles. The van der Waals surface area contributed by atoms with Crippen LogP contribution >= 0.6 is 11.9 Å². The molecule has 1 aliphatic carbocycles. The number of aromatic nitrogens is 4. The molecule has 1 N–H and O–H groups in total. The van der Waals surface area contributed by atoms with Crippen LogP contribution in [0.25, 0.3) is 11.3 Å². The summed E-state index contributed by atoms with van der Waals surface area (Å²) in [4.78, 5) is 35.6. The molecule has 2 aromatic carbocycles. The maximum absolute atomic E-state index is 14.2. The van der Waals surface area contributed by atoms with E-state index in [1.54, 1.807) is 12.4 Å². The predicted octanol–water partition coefficient (Wildman–Crippen LogP) is 6.66. The highest BCUT2D eigenvalue weighted by Crippen LogP contribution is 2.34. The molecule has 0 unspecified atom stereocenters. The van der Waals surface area contributed by atoms with Gasteiger partial charge in [0.15, 0.2) is 5.75 Å². The highest BCUT2D eigenvalue weighted by molar-refractivity contribution is 8.00. The van der Waals surface area contributed by atoms with Gasteiger partial charge in [-0.1, -0.05) is 43.5 Å². The Hall–Kier alpha value is -4.18. The number of rotatable bonds is 7. The Morgan fingerprint density at radius 1 is 1.05 bits per heavy atom. The van der Waals surface area contributed by atoms with E-state index in [-0.39, 0.29) is 25.1 Å². The zero-order valence-corrected chi connectivity index (χ0v) is 25.6. The number of amides is 1.